The summed E-state index contributed by atoms with van der Waals surface area (Å²) >= 11 is 0. The molecule has 0 aliphatic carbocycles. The summed E-state index contributed by atoms with van der Waals surface area (Å²) in [5, 5.41) is 3.07. The lowest BCUT2D eigenvalue weighted by Crippen LogP contribution is -2.29. The first-order valence-electron chi connectivity index (χ1n) is 4.11. The van der Waals surface area contributed by atoms with Gasteiger partial charge in [-0.15, -0.1) is 0 Å². The first kappa shape index (κ1) is 7.50. The molecule has 0 aromatic heterocycles. The van der Waals surface area contributed by atoms with E-state index in [2.05, 4.69) is 11.4 Å². The minimum Gasteiger partial charge on any atom is -0.306 e. The maximum absolute atomic E-state index is 11.3. The highest BCUT2D eigenvalue weighted by Crippen LogP contribution is 2.14. The minimum atomic E-state index is 0.205. The van der Waals surface area contributed by atoms with Crippen LogP contribution in [0.25, 0.3) is 0 Å². The van der Waals surface area contributed by atoms with Crippen LogP contribution in [0.15, 0.2) is 18.2 Å². The molecule has 2 nitrogen and oxygen atoms in total. The van der Waals surface area contributed by atoms with E-state index in [0.29, 0.717) is 6.54 Å². The Morgan fingerprint density at radius 3 is 3.00 bits per heavy atom. The fourth-order valence-electron chi connectivity index (χ4n) is 1.55. The van der Waals surface area contributed by atoms with Gasteiger partial charge in [0.15, 0.2) is 5.78 Å². The molecule has 2 heteroatoms. The molecule has 0 saturated heterocycles. The molecule has 1 N–H and O–H groups in total. The lowest BCUT2D eigenvalue weighted by atomic mass is 9.98. The van der Waals surface area contributed by atoms with Crippen LogP contribution in [0, 0.1) is 6.92 Å². The summed E-state index contributed by atoms with van der Waals surface area (Å²) < 4.78 is 0. The van der Waals surface area contributed by atoms with Crippen molar-refractivity contribution < 1.29 is 4.79 Å². The van der Waals surface area contributed by atoms with E-state index in [0.717, 1.165) is 17.7 Å². The number of Topliss-reactive ketones (excluding diaryl/α,β-unsaturated/α-hetero) is 1. The van der Waals surface area contributed by atoms with Crippen LogP contribution in [0.5, 0.6) is 0 Å². The second kappa shape index (κ2) is 2.72. The van der Waals surface area contributed by atoms with Gasteiger partial charge in [-0.25, -0.2) is 0 Å². The van der Waals surface area contributed by atoms with Gasteiger partial charge >= 0.3 is 0 Å². The van der Waals surface area contributed by atoms with Gasteiger partial charge in [0.2, 0.25) is 0 Å². The van der Waals surface area contributed by atoms with Gasteiger partial charge in [0.1, 0.15) is 0 Å². The highest BCUT2D eigenvalue weighted by Gasteiger charge is 2.15. The molecule has 0 fully saturated rings. The van der Waals surface area contributed by atoms with Gasteiger partial charge < -0.3 is 5.32 Å². The van der Waals surface area contributed by atoms with E-state index in [1.165, 1.54) is 5.56 Å². The molecule has 12 heavy (non-hydrogen) atoms. The standard InChI is InChI=1S/C10H11NO/c1-7-2-3-9-8(4-7)5-11-6-10(9)12/h2-4,11H,5-6H2,1H3. The Balaban J connectivity index is 2.53. The van der Waals surface area contributed by atoms with E-state index < -0.39 is 0 Å². The van der Waals surface area contributed by atoms with Crippen LogP contribution in [0.2, 0.25) is 0 Å². The zero-order valence-corrected chi connectivity index (χ0v) is 7.05. The molecule has 1 aliphatic heterocycles. The van der Waals surface area contributed by atoms with Crippen LogP contribution in [0.4, 0.5) is 0 Å². The molecule has 0 spiro atoms. The van der Waals surface area contributed by atoms with Crippen LogP contribution in [-0.2, 0) is 6.54 Å². The monoisotopic (exact) mass is 161 g/mol. The summed E-state index contributed by atoms with van der Waals surface area (Å²) in [6.07, 6.45) is 0. The third-order valence-corrected chi connectivity index (χ3v) is 2.16. The smallest absolute Gasteiger partial charge is 0.176 e. The molecule has 0 bridgehead atoms. The topological polar surface area (TPSA) is 29.1 Å². The van der Waals surface area contributed by atoms with Crippen molar-refractivity contribution in [2.24, 2.45) is 0 Å². The third kappa shape index (κ3) is 1.14. The van der Waals surface area contributed by atoms with Gasteiger partial charge in [0.05, 0.1) is 6.54 Å². The molecule has 0 saturated carbocycles. The molecule has 1 aromatic rings. The Kier molecular flexibility index (Phi) is 1.70. The van der Waals surface area contributed by atoms with Crippen molar-refractivity contribution in [3.63, 3.8) is 0 Å². The van der Waals surface area contributed by atoms with Crippen LogP contribution in [-0.4, -0.2) is 12.3 Å². The molecule has 1 aliphatic rings. The number of nitrogens with one attached hydrogen (secondary N) is 1. The number of hydrogen-bond donors (Lipinski definition) is 1. The number of fused-ring (bicyclic) bond motifs is 1. The summed E-state index contributed by atoms with van der Waals surface area (Å²) in [5.41, 5.74) is 3.23. The fraction of sp³-hybridized carbons (Fsp3) is 0.300. The van der Waals surface area contributed by atoms with Gasteiger partial charge in [-0.1, -0.05) is 23.8 Å². The number of ketones is 1. The number of carbonyl (C=O) groups is 1. The Hall–Kier alpha value is -1.15. The molecule has 0 amide bonds. The van der Waals surface area contributed by atoms with Crippen LogP contribution < -0.4 is 5.32 Å². The highest BCUT2D eigenvalue weighted by atomic mass is 16.1. The maximum atomic E-state index is 11.3. The third-order valence-electron chi connectivity index (χ3n) is 2.16. The molecular formula is C10H11NO. The van der Waals surface area contributed by atoms with Gasteiger partial charge in [-0.3, -0.25) is 4.79 Å². The number of benzene rings is 1. The summed E-state index contributed by atoms with van der Waals surface area (Å²) in [4.78, 5) is 11.3. The lowest BCUT2D eigenvalue weighted by Gasteiger charge is -2.15. The SMILES string of the molecule is Cc1ccc2c(c1)CNCC2=O. The summed E-state index contributed by atoms with van der Waals surface area (Å²) in [6, 6.07) is 5.98. The first-order chi connectivity index (χ1) is 5.77. The number of aryl methyl sites for hydroxylation is 1. The average molecular weight is 161 g/mol. The number of hydrogen-bond acceptors (Lipinski definition) is 2. The van der Waals surface area contributed by atoms with Crippen molar-refractivity contribution in [1.82, 2.24) is 5.32 Å². The zero-order chi connectivity index (χ0) is 8.55. The maximum Gasteiger partial charge on any atom is 0.176 e. The molecule has 0 atom stereocenters. The van der Waals surface area contributed by atoms with Gasteiger partial charge in [-0.05, 0) is 12.5 Å². The Morgan fingerprint density at radius 1 is 1.33 bits per heavy atom. The Morgan fingerprint density at radius 2 is 2.17 bits per heavy atom. The number of rotatable bonds is 0. The van der Waals surface area contributed by atoms with E-state index in [9.17, 15) is 4.79 Å². The predicted molar refractivity (Wildman–Crippen MR) is 47.2 cm³/mol. The first-order valence-corrected chi connectivity index (χ1v) is 4.11. The number of carbonyl (C=O) groups excluding carboxylic acids is 1. The van der Waals surface area contributed by atoms with E-state index in [-0.39, 0.29) is 5.78 Å². The summed E-state index contributed by atoms with van der Waals surface area (Å²) in [7, 11) is 0. The largest absolute Gasteiger partial charge is 0.306 e. The van der Waals surface area contributed by atoms with Crippen molar-refractivity contribution in [3.8, 4) is 0 Å². The van der Waals surface area contributed by atoms with E-state index in [1.807, 2.05) is 19.1 Å². The van der Waals surface area contributed by atoms with E-state index in [1.54, 1.807) is 0 Å². The van der Waals surface area contributed by atoms with Crippen molar-refractivity contribution in [2.45, 2.75) is 13.5 Å². The van der Waals surface area contributed by atoms with Crippen molar-refractivity contribution >= 4 is 5.78 Å². The van der Waals surface area contributed by atoms with Crippen molar-refractivity contribution in [3.05, 3.63) is 34.9 Å². The second-order valence-corrected chi connectivity index (χ2v) is 3.19. The highest BCUT2D eigenvalue weighted by molar-refractivity contribution is 5.99. The summed E-state index contributed by atoms with van der Waals surface area (Å²) in [5.74, 6) is 0.205. The van der Waals surface area contributed by atoms with Gasteiger partial charge in [0.25, 0.3) is 0 Å². The Labute approximate surface area is 71.6 Å². The quantitative estimate of drug-likeness (QED) is 0.621. The molecular weight excluding hydrogens is 150 g/mol. The minimum absolute atomic E-state index is 0.205. The second-order valence-electron chi connectivity index (χ2n) is 3.19. The van der Waals surface area contributed by atoms with Gasteiger partial charge in [-0.2, -0.15) is 0 Å². The fourth-order valence-corrected chi connectivity index (χ4v) is 1.55. The summed E-state index contributed by atoms with van der Waals surface area (Å²) in [6.45, 7) is 3.35. The van der Waals surface area contributed by atoms with Gasteiger partial charge in [0, 0.05) is 12.1 Å². The van der Waals surface area contributed by atoms with Crippen molar-refractivity contribution in [2.75, 3.05) is 6.54 Å². The zero-order valence-electron chi connectivity index (χ0n) is 7.05. The predicted octanol–water partition coefficient (Wildman–Crippen LogP) is 1.28. The molecule has 1 aromatic carbocycles. The molecule has 2 rings (SSSR count). The van der Waals surface area contributed by atoms with Crippen LogP contribution in [0.3, 0.4) is 0 Å². The average Bonchev–Trinajstić information content (AvgIpc) is 2.04. The van der Waals surface area contributed by atoms with Crippen LogP contribution in [0.1, 0.15) is 21.5 Å². The lowest BCUT2D eigenvalue weighted by molar-refractivity contribution is 0.0982. The van der Waals surface area contributed by atoms with Crippen LogP contribution >= 0.6 is 0 Å². The van der Waals surface area contributed by atoms with E-state index >= 15 is 0 Å². The normalized spacial score (nSPS) is 15.9. The molecule has 0 unspecified atom stereocenters. The molecule has 62 valence electrons. The van der Waals surface area contributed by atoms with Crippen molar-refractivity contribution in [1.29, 1.82) is 0 Å². The van der Waals surface area contributed by atoms with E-state index in [4.69, 9.17) is 0 Å². The molecule has 0 radical (unpaired) electrons. The molecule has 1 heterocycles. The Bertz CT molecular complexity index is 331.